The molecule has 0 spiro atoms. The smallest absolute Gasteiger partial charge is 0.325 e. The zero-order valence-corrected chi connectivity index (χ0v) is 22.6. The van der Waals surface area contributed by atoms with Gasteiger partial charge in [-0.15, -0.1) is 11.3 Å². The number of likely N-dealkylation sites (N-methyl/N-ethyl adjacent to an activating group) is 1. The second kappa shape index (κ2) is 13.8. The average Bonchev–Trinajstić information content (AvgIpc) is 3.36. The summed E-state index contributed by atoms with van der Waals surface area (Å²) in [5.74, 6) is 0.910. The lowest BCUT2D eigenvalue weighted by Gasteiger charge is -2.23. The van der Waals surface area contributed by atoms with Crippen LogP contribution in [-0.4, -0.2) is 72.2 Å². The van der Waals surface area contributed by atoms with E-state index in [1.54, 1.807) is 0 Å². The second-order valence-corrected chi connectivity index (χ2v) is 9.97. The number of ether oxygens (including phenoxy) is 1. The van der Waals surface area contributed by atoms with Crippen LogP contribution in [0.5, 0.6) is 5.75 Å². The number of rotatable bonds is 11. The number of anilines is 2. The van der Waals surface area contributed by atoms with Crippen LogP contribution in [0.15, 0.2) is 48.9 Å². The van der Waals surface area contributed by atoms with Crippen LogP contribution in [0.4, 0.5) is 15.6 Å². The molecule has 1 saturated heterocycles. The number of nitrogens with one attached hydrogen (secondary N) is 4. The Bertz CT molecular complexity index is 1180. The Morgan fingerprint density at radius 3 is 2.55 bits per heavy atom. The first kappa shape index (κ1) is 27.5. The first-order valence-corrected chi connectivity index (χ1v) is 13.8. The number of benzene rings is 1. The standard InChI is InChI=1S/C27H35N7O3S/c1-3-34(4-2)15-16-37-21-7-5-19(6-8-21)23-17-22(25(35)31-20-9-11-28-12-10-20)26(38-23)33-27(36)32-24-18-29-13-14-30-24/h5-8,13-14,17-18,20,28H,3-4,9-12,15-16H2,1-2H3,(H,31,35)(H2,30,32,33,36). The van der Waals surface area contributed by atoms with Gasteiger partial charge >= 0.3 is 6.03 Å². The van der Waals surface area contributed by atoms with Gasteiger partial charge in [-0.1, -0.05) is 13.8 Å². The van der Waals surface area contributed by atoms with Crippen molar-refractivity contribution in [3.05, 3.63) is 54.5 Å². The Hall–Kier alpha value is -3.54. The van der Waals surface area contributed by atoms with Crippen LogP contribution in [0.2, 0.25) is 0 Å². The van der Waals surface area contributed by atoms with Crippen LogP contribution in [0, 0.1) is 0 Å². The summed E-state index contributed by atoms with van der Waals surface area (Å²) in [5.41, 5.74) is 1.36. The SMILES string of the molecule is CCN(CC)CCOc1ccc(-c2cc(C(=O)NC3CCNCC3)c(NC(=O)Nc3cnccn3)s2)cc1. The molecular weight excluding hydrogens is 502 g/mol. The normalized spacial score (nSPS) is 13.8. The molecule has 202 valence electrons. The molecule has 2 aromatic heterocycles. The minimum atomic E-state index is -0.494. The van der Waals surface area contributed by atoms with Gasteiger partial charge in [-0.2, -0.15) is 0 Å². The van der Waals surface area contributed by atoms with E-state index >= 15 is 0 Å². The van der Waals surface area contributed by atoms with Crippen molar-refractivity contribution >= 4 is 34.1 Å². The molecule has 3 heterocycles. The maximum atomic E-state index is 13.3. The number of thiophene rings is 1. The summed E-state index contributed by atoms with van der Waals surface area (Å²) in [7, 11) is 0. The summed E-state index contributed by atoms with van der Waals surface area (Å²) < 4.78 is 5.91. The van der Waals surface area contributed by atoms with Crippen molar-refractivity contribution < 1.29 is 14.3 Å². The number of carbonyl (C=O) groups excluding carboxylic acids is 2. The Morgan fingerprint density at radius 2 is 1.87 bits per heavy atom. The van der Waals surface area contributed by atoms with E-state index in [1.165, 1.54) is 29.9 Å². The van der Waals surface area contributed by atoms with E-state index in [0.29, 0.717) is 23.0 Å². The lowest BCUT2D eigenvalue weighted by Crippen LogP contribution is -2.42. The summed E-state index contributed by atoms with van der Waals surface area (Å²) >= 11 is 1.35. The van der Waals surface area contributed by atoms with Crippen molar-refractivity contribution in [1.82, 2.24) is 25.5 Å². The zero-order valence-electron chi connectivity index (χ0n) is 21.8. The average molecular weight is 538 g/mol. The number of hydrogen-bond acceptors (Lipinski definition) is 8. The van der Waals surface area contributed by atoms with Crippen LogP contribution in [0.25, 0.3) is 10.4 Å². The van der Waals surface area contributed by atoms with E-state index in [9.17, 15) is 9.59 Å². The third-order valence-corrected chi connectivity index (χ3v) is 7.49. The largest absolute Gasteiger partial charge is 0.492 e. The topological polar surface area (TPSA) is 121 Å². The van der Waals surface area contributed by atoms with Gasteiger partial charge in [0.2, 0.25) is 0 Å². The van der Waals surface area contributed by atoms with Crippen LogP contribution in [0.1, 0.15) is 37.0 Å². The number of piperidine rings is 1. The van der Waals surface area contributed by atoms with Crippen LogP contribution >= 0.6 is 11.3 Å². The highest BCUT2D eigenvalue weighted by Gasteiger charge is 2.22. The molecule has 38 heavy (non-hydrogen) atoms. The van der Waals surface area contributed by atoms with E-state index in [1.807, 2.05) is 30.3 Å². The van der Waals surface area contributed by atoms with E-state index in [4.69, 9.17) is 4.74 Å². The molecule has 3 amide bonds. The predicted molar refractivity (Wildman–Crippen MR) is 151 cm³/mol. The van der Waals surface area contributed by atoms with E-state index in [0.717, 1.165) is 61.8 Å². The highest BCUT2D eigenvalue weighted by molar-refractivity contribution is 7.20. The number of hydrogen-bond donors (Lipinski definition) is 4. The molecule has 0 atom stereocenters. The quantitative estimate of drug-likeness (QED) is 0.291. The molecule has 3 aromatic rings. The lowest BCUT2D eigenvalue weighted by molar-refractivity contribution is 0.0931. The fraction of sp³-hybridized carbons (Fsp3) is 0.407. The summed E-state index contributed by atoms with van der Waals surface area (Å²) in [6, 6.07) is 9.23. The van der Waals surface area contributed by atoms with Crippen molar-refractivity contribution in [3.63, 3.8) is 0 Å². The molecule has 1 aromatic carbocycles. The predicted octanol–water partition coefficient (Wildman–Crippen LogP) is 4.05. The van der Waals surface area contributed by atoms with Gasteiger partial charge in [0.25, 0.3) is 5.91 Å². The molecule has 1 aliphatic rings. The highest BCUT2D eigenvalue weighted by atomic mass is 32.1. The molecular formula is C27H35N7O3S. The van der Waals surface area contributed by atoms with E-state index in [-0.39, 0.29) is 11.9 Å². The van der Waals surface area contributed by atoms with Gasteiger partial charge in [0.1, 0.15) is 17.4 Å². The van der Waals surface area contributed by atoms with Gasteiger partial charge in [0.05, 0.1) is 11.8 Å². The molecule has 1 aliphatic heterocycles. The minimum absolute atomic E-state index is 0.0983. The fourth-order valence-electron chi connectivity index (χ4n) is 4.19. The molecule has 4 rings (SSSR count). The maximum absolute atomic E-state index is 13.3. The van der Waals surface area contributed by atoms with E-state index in [2.05, 4.69) is 50.0 Å². The first-order chi connectivity index (χ1) is 18.6. The number of carbonyl (C=O) groups is 2. The number of urea groups is 1. The molecule has 11 heteroatoms. The Labute approximate surface area is 227 Å². The van der Waals surface area contributed by atoms with Crippen LogP contribution < -0.4 is 26.0 Å². The van der Waals surface area contributed by atoms with Gasteiger partial charge in [-0.05, 0) is 74.9 Å². The van der Waals surface area contributed by atoms with Crippen molar-refractivity contribution in [2.24, 2.45) is 0 Å². The third kappa shape index (κ3) is 7.73. The molecule has 1 fully saturated rings. The van der Waals surface area contributed by atoms with Crippen molar-refractivity contribution in [2.75, 3.05) is 50.0 Å². The maximum Gasteiger partial charge on any atom is 0.325 e. The van der Waals surface area contributed by atoms with Gasteiger partial charge in [-0.25, -0.2) is 9.78 Å². The molecule has 0 unspecified atom stereocenters. The molecule has 0 radical (unpaired) electrons. The monoisotopic (exact) mass is 537 g/mol. The third-order valence-electron chi connectivity index (χ3n) is 6.39. The summed E-state index contributed by atoms with van der Waals surface area (Å²) in [6.45, 7) is 9.52. The molecule has 10 nitrogen and oxygen atoms in total. The highest BCUT2D eigenvalue weighted by Crippen LogP contribution is 2.36. The van der Waals surface area contributed by atoms with Gasteiger partial charge in [0.15, 0.2) is 5.82 Å². The van der Waals surface area contributed by atoms with Crippen LogP contribution in [0.3, 0.4) is 0 Å². The first-order valence-electron chi connectivity index (χ1n) is 13.0. The Balaban J connectivity index is 1.48. The van der Waals surface area contributed by atoms with Crippen molar-refractivity contribution in [2.45, 2.75) is 32.7 Å². The van der Waals surface area contributed by atoms with Crippen LogP contribution in [-0.2, 0) is 0 Å². The Kier molecular flexibility index (Phi) is 10.0. The van der Waals surface area contributed by atoms with Gasteiger partial charge in [0, 0.05) is 29.9 Å². The minimum Gasteiger partial charge on any atom is -0.492 e. The Morgan fingerprint density at radius 1 is 1.11 bits per heavy atom. The zero-order chi connectivity index (χ0) is 26.7. The summed E-state index contributed by atoms with van der Waals surface area (Å²) in [6.07, 6.45) is 6.21. The number of aromatic nitrogens is 2. The number of nitrogens with zero attached hydrogens (tertiary/aromatic N) is 3. The van der Waals surface area contributed by atoms with Gasteiger partial charge in [-0.3, -0.25) is 20.4 Å². The second-order valence-electron chi connectivity index (χ2n) is 8.92. The number of amides is 3. The van der Waals surface area contributed by atoms with E-state index < -0.39 is 6.03 Å². The summed E-state index contributed by atoms with van der Waals surface area (Å²) in [5, 5.41) is 12.4. The molecule has 4 N–H and O–H groups in total. The van der Waals surface area contributed by atoms with Gasteiger partial charge < -0.3 is 20.3 Å². The fourth-order valence-corrected chi connectivity index (χ4v) is 5.24. The lowest BCUT2D eigenvalue weighted by atomic mass is 10.1. The summed E-state index contributed by atoms with van der Waals surface area (Å²) in [4.78, 5) is 37.1. The molecule has 0 aliphatic carbocycles. The molecule has 0 saturated carbocycles. The van der Waals surface area contributed by atoms with Crippen molar-refractivity contribution in [1.29, 1.82) is 0 Å². The van der Waals surface area contributed by atoms with Crippen molar-refractivity contribution in [3.8, 4) is 16.2 Å². The molecule has 0 bridgehead atoms.